The van der Waals surface area contributed by atoms with Gasteiger partial charge in [0, 0.05) is 25.5 Å². The molecule has 0 atom stereocenters. The van der Waals surface area contributed by atoms with Gasteiger partial charge in [0.2, 0.25) is 0 Å². The van der Waals surface area contributed by atoms with Crippen LogP contribution in [0.2, 0.25) is 0 Å². The number of aryl methyl sites for hydroxylation is 1. The molecule has 4 heteroatoms. The Kier molecular flexibility index (Phi) is 17.0. The van der Waals surface area contributed by atoms with E-state index in [1.54, 1.807) is 0 Å². The van der Waals surface area contributed by atoms with Crippen molar-refractivity contribution in [2.45, 2.75) is 87.8 Å². The van der Waals surface area contributed by atoms with E-state index < -0.39 is 0 Å². The maximum Gasteiger partial charge on any atom is 0.0910 e. The zero-order chi connectivity index (χ0) is 18.3. The van der Waals surface area contributed by atoms with Crippen LogP contribution in [-0.4, -0.2) is 28.1 Å². The van der Waals surface area contributed by atoms with Gasteiger partial charge < -0.3 is 9.84 Å². The number of hydrogen-bond donors (Lipinski definition) is 1. The highest BCUT2D eigenvalue weighted by molar-refractivity contribution is 5.22. The van der Waals surface area contributed by atoms with E-state index in [9.17, 15) is 5.11 Å². The fraction of sp³-hybridized carbons (Fsp3) is 0.842. The predicted octanol–water partition coefficient (Wildman–Crippen LogP) is 4.89. The summed E-state index contributed by atoms with van der Waals surface area (Å²) in [6, 6.07) is 0. The van der Waals surface area contributed by atoms with Gasteiger partial charge in [-0.15, -0.1) is 0 Å². The lowest BCUT2D eigenvalue weighted by molar-refractivity contribution is 0.0622. The Balaban J connectivity index is 0. The molecule has 23 heavy (non-hydrogen) atoms. The van der Waals surface area contributed by atoms with Crippen LogP contribution in [0.4, 0.5) is 0 Å². The molecule has 1 aromatic rings. The SMILES string of the molecule is CC.CC.CC.Cc1c(CO)nn(CCC2CCOCC2)c1C. The summed E-state index contributed by atoms with van der Waals surface area (Å²) in [6.07, 6.45) is 3.51. The summed E-state index contributed by atoms with van der Waals surface area (Å²) in [5.74, 6) is 0.769. The van der Waals surface area contributed by atoms with Crippen LogP contribution in [0.15, 0.2) is 0 Å². The van der Waals surface area contributed by atoms with Gasteiger partial charge in [-0.05, 0) is 44.6 Å². The lowest BCUT2D eigenvalue weighted by Crippen LogP contribution is -2.18. The zero-order valence-corrected chi connectivity index (χ0v) is 16.8. The smallest absolute Gasteiger partial charge is 0.0910 e. The molecule has 1 saturated heterocycles. The molecule has 1 aliphatic heterocycles. The summed E-state index contributed by atoms with van der Waals surface area (Å²) >= 11 is 0. The number of aliphatic hydroxyl groups is 1. The molecule has 4 nitrogen and oxygen atoms in total. The molecule has 0 unspecified atom stereocenters. The summed E-state index contributed by atoms with van der Waals surface area (Å²) in [5.41, 5.74) is 3.12. The van der Waals surface area contributed by atoms with E-state index in [0.717, 1.165) is 43.4 Å². The average Bonchev–Trinajstić information content (AvgIpc) is 2.93. The topological polar surface area (TPSA) is 47.3 Å². The van der Waals surface area contributed by atoms with Crippen molar-refractivity contribution in [2.75, 3.05) is 13.2 Å². The van der Waals surface area contributed by atoms with Gasteiger partial charge in [-0.2, -0.15) is 5.10 Å². The lowest BCUT2D eigenvalue weighted by Gasteiger charge is -2.21. The molecular formula is C19H40N2O2. The number of aromatic nitrogens is 2. The molecule has 1 N–H and O–H groups in total. The van der Waals surface area contributed by atoms with Crippen molar-refractivity contribution in [3.8, 4) is 0 Å². The molecule has 0 aliphatic carbocycles. The minimum atomic E-state index is 0.0386. The maximum atomic E-state index is 9.18. The van der Waals surface area contributed by atoms with Gasteiger partial charge in [0.15, 0.2) is 0 Å². The first kappa shape index (κ1) is 24.4. The average molecular weight is 329 g/mol. The van der Waals surface area contributed by atoms with Gasteiger partial charge in [-0.25, -0.2) is 0 Å². The van der Waals surface area contributed by atoms with E-state index in [-0.39, 0.29) is 6.61 Å². The Morgan fingerprint density at radius 1 is 1.04 bits per heavy atom. The number of ether oxygens (including phenoxy) is 1. The summed E-state index contributed by atoms with van der Waals surface area (Å²) in [6.45, 7) is 18.9. The van der Waals surface area contributed by atoms with Crippen LogP contribution in [0.3, 0.4) is 0 Å². The van der Waals surface area contributed by atoms with Gasteiger partial charge in [0.25, 0.3) is 0 Å². The second-order valence-corrected chi connectivity index (χ2v) is 4.88. The first-order chi connectivity index (χ1) is 11.2. The highest BCUT2D eigenvalue weighted by atomic mass is 16.5. The van der Waals surface area contributed by atoms with Gasteiger partial charge in [-0.3, -0.25) is 4.68 Å². The van der Waals surface area contributed by atoms with Crippen LogP contribution in [0.5, 0.6) is 0 Å². The Labute approximate surface area is 144 Å². The van der Waals surface area contributed by atoms with E-state index >= 15 is 0 Å². The van der Waals surface area contributed by atoms with E-state index in [1.165, 1.54) is 18.5 Å². The molecule has 0 saturated carbocycles. The molecule has 0 bridgehead atoms. The monoisotopic (exact) mass is 328 g/mol. The van der Waals surface area contributed by atoms with Crippen LogP contribution in [0, 0.1) is 19.8 Å². The minimum Gasteiger partial charge on any atom is -0.390 e. The lowest BCUT2D eigenvalue weighted by atomic mass is 9.97. The van der Waals surface area contributed by atoms with E-state index in [0.29, 0.717) is 0 Å². The molecule has 1 aromatic heterocycles. The Morgan fingerprint density at radius 3 is 2.00 bits per heavy atom. The predicted molar refractivity (Wildman–Crippen MR) is 99.8 cm³/mol. The quantitative estimate of drug-likeness (QED) is 0.856. The summed E-state index contributed by atoms with van der Waals surface area (Å²) in [4.78, 5) is 0. The number of aliphatic hydroxyl groups excluding tert-OH is 1. The molecule has 138 valence electrons. The summed E-state index contributed by atoms with van der Waals surface area (Å²) in [7, 11) is 0. The van der Waals surface area contributed by atoms with Crippen LogP contribution < -0.4 is 0 Å². The van der Waals surface area contributed by atoms with Gasteiger partial charge in [0.05, 0.1) is 12.3 Å². The van der Waals surface area contributed by atoms with E-state index in [1.807, 2.05) is 53.1 Å². The molecule has 0 radical (unpaired) electrons. The summed E-state index contributed by atoms with van der Waals surface area (Å²) in [5, 5.41) is 13.6. The molecule has 2 heterocycles. The van der Waals surface area contributed by atoms with E-state index in [2.05, 4.69) is 12.0 Å². The van der Waals surface area contributed by atoms with Crippen molar-refractivity contribution in [2.24, 2.45) is 5.92 Å². The van der Waals surface area contributed by atoms with Crippen LogP contribution in [0.1, 0.15) is 77.8 Å². The number of nitrogens with zero attached hydrogens (tertiary/aromatic N) is 2. The van der Waals surface area contributed by atoms with Crippen molar-refractivity contribution in [1.82, 2.24) is 9.78 Å². The summed E-state index contributed by atoms with van der Waals surface area (Å²) < 4.78 is 7.40. The third-order valence-electron chi connectivity index (χ3n) is 3.84. The zero-order valence-electron chi connectivity index (χ0n) is 16.8. The molecule has 1 aliphatic rings. The third-order valence-corrected chi connectivity index (χ3v) is 3.84. The van der Waals surface area contributed by atoms with Crippen LogP contribution >= 0.6 is 0 Å². The highest BCUT2D eigenvalue weighted by Gasteiger charge is 2.15. The highest BCUT2D eigenvalue weighted by Crippen LogP contribution is 2.20. The van der Waals surface area contributed by atoms with Gasteiger partial charge in [-0.1, -0.05) is 41.5 Å². The standard InChI is InChI=1S/C13H22N2O2.3C2H6/c1-10-11(2)15(14-13(10)9-16)6-3-12-4-7-17-8-5-12;3*1-2/h12,16H,3-9H2,1-2H3;3*1-2H3. The fourth-order valence-corrected chi connectivity index (χ4v) is 2.41. The van der Waals surface area contributed by atoms with Crippen molar-refractivity contribution in [3.63, 3.8) is 0 Å². The molecule has 0 spiro atoms. The first-order valence-corrected chi connectivity index (χ1v) is 9.44. The van der Waals surface area contributed by atoms with Gasteiger partial charge >= 0.3 is 0 Å². The number of hydrogen-bond acceptors (Lipinski definition) is 3. The fourth-order valence-electron chi connectivity index (χ4n) is 2.41. The molecular weight excluding hydrogens is 288 g/mol. The molecule has 2 rings (SSSR count). The van der Waals surface area contributed by atoms with Crippen molar-refractivity contribution < 1.29 is 9.84 Å². The normalized spacial score (nSPS) is 13.8. The largest absolute Gasteiger partial charge is 0.390 e. The second-order valence-electron chi connectivity index (χ2n) is 4.88. The maximum absolute atomic E-state index is 9.18. The third kappa shape index (κ3) is 8.52. The molecule has 0 amide bonds. The van der Waals surface area contributed by atoms with Crippen molar-refractivity contribution in [1.29, 1.82) is 0 Å². The Hall–Kier alpha value is -0.870. The molecule has 1 fully saturated rings. The number of rotatable bonds is 4. The second kappa shape index (κ2) is 16.0. The Morgan fingerprint density at radius 2 is 1.57 bits per heavy atom. The van der Waals surface area contributed by atoms with Crippen LogP contribution in [-0.2, 0) is 17.9 Å². The minimum absolute atomic E-state index is 0.0386. The first-order valence-electron chi connectivity index (χ1n) is 9.44. The molecule has 0 aromatic carbocycles. The van der Waals surface area contributed by atoms with Crippen molar-refractivity contribution in [3.05, 3.63) is 17.0 Å². The van der Waals surface area contributed by atoms with Gasteiger partial charge in [0.1, 0.15) is 0 Å². The van der Waals surface area contributed by atoms with Crippen molar-refractivity contribution >= 4 is 0 Å². The van der Waals surface area contributed by atoms with E-state index in [4.69, 9.17) is 4.74 Å². The Bertz CT molecular complexity index is 370. The van der Waals surface area contributed by atoms with Crippen LogP contribution in [0.25, 0.3) is 0 Å².